The highest BCUT2D eigenvalue weighted by Gasteiger charge is 2.26. The van der Waals surface area contributed by atoms with E-state index in [4.69, 9.17) is 0 Å². The van der Waals surface area contributed by atoms with Crippen molar-refractivity contribution in [1.29, 1.82) is 0 Å². The van der Waals surface area contributed by atoms with Gasteiger partial charge in [0.05, 0.1) is 10.9 Å². The largest absolute Gasteiger partial charge is 0.310 e. The molecular weight excluding hydrogens is 207 g/mol. The summed E-state index contributed by atoms with van der Waals surface area (Å²) in [5.74, 6) is 0.745. The number of nitrogens with one attached hydrogen (secondary N) is 1. The van der Waals surface area contributed by atoms with E-state index in [0.29, 0.717) is 28.2 Å². The molecule has 0 unspecified atom stereocenters. The zero-order valence-corrected chi connectivity index (χ0v) is 8.88. The van der Waals surface area contributed by atoms with Gasteiger partial charge in [0.1, 0.15) is 11.6 Å². The third-order valence-electron chi connectivity index (χ3n) is 2.97. The summed E-state index contributed by atoms with van der Waals surface area (Å²) in [5.41, 5.74) is 0.753. The van der Waals surface area contributed by atoms with Crippen molar-refractivity contribution in [3.63, 3.8) is 0 Å². The molecule has 0 bridgehead atoms. The van der Waals surface area contributed by atoms with Gasteiger partial charge in [-0.2, -0.15) is 0 Å². The molecule has 0 spiro atoms. The Kier molecular flexibility index (Phi) is 1.87. The monoisotopic (exact) mass is 218 g/mol. The molecule has 1 saturated carbocycles. The van der Waals surface area contributed by atoms with E-state index in [-0.39, 0.29) is 11.4 Å². The molecule has 1 aromatic carbocycles. The van der Waals surface area contributed by atoms with Gasteiger partial charge in [-0.15, -0.1) is 0 Å². The Labute approximate surface area is 91.3 Å². The maximum atomic E-state index is 13.4. The molecular formula is C12H11FN2O. The van der Waals surface area contributed by atoms with Crippen molar-refractivity contribution in [1.82, 2.24) is 9.97 Å². The van der Waals surface area contributed by atoms with Crippen LogP contribution in [0.15, 0.2) is 16.9 Å². The molecule has 1 fully saturated rings. The Morgan fingerprint density at radius 2 is 2.19 bits per heavy atom. The van der Waals surface area contributed by atoms with Crippen LogP contribution in [0, 0.1) is 12.7 Å². The zero-order valence-electron chi connectivity index (χ0n) is 8.88. The summed E-state index contributed by atoms with van der Waals surface area (Å²) < 4.78 is 13.4. The topological polar surface area (TPSA) is 45.8 Å². The van der Waals surface area contributed by atoms with Crippen molar-refractivity contribution in [2.75, 3.05) is 0 Å². The van der Waals surface area contributed by atoms with Crippen molar-refractivity contribution in [2.24, 2.45) is 0 Å². The van der Waals surface area contributed by atoms with Gasteiger partial charge in [0.25, 0.3) is 5.56 Å². The summed E-state index contributed by atoms with van der Waals surface area (Å²) in [7, 11) is 0. The molecule has 2 aromatic rings. The first-order valence-corrected chi connectivity index (χ1v) is 5.35. The lowest BCUT2D eigenvalue weighted by molar-refractivity contribution is 0.620. The molecule has 4 heteroatoms. The molecule has 1 N–H and O–H groups in total. The smallest absolute Gasteiger partial charge is 0.258 e. The van der Waals surface area contributed by atoms with Crippen LogP contribution in [-0.4, -0.2) is 9.97 Å². The summed E-state index contributed by atoms with van der Waals surface area (Å²) in [5, 5.41) is 0.461. The number of H-pyrrole nitrogens is 1. The van der Waals surface area contributed by atoms with E-state index in [0.717, 1.165) is 12.8 Å². The van der Waals surface area contributed by atoms with E-state index in [1.165, 1.54) is 6.07 Å². The van der Waals surface area contributed by atoms with Crippen LogP contribution < -0.4 is 5.56 Å². The van der Waals surface area contributed by atoms with Gasteiger partial charge in [-0.3, -0.25) is 4.79 Å². The van der Waals surface area contributed by atoms with Gasteiger partial charge >= 0.3 is 0 Å². The summed E-state index contributed by atoms with van der Waals surface area (Å²) in [6.07, 6.45) is 2.12. The molecule has 3 rings (SSSR count). The number of halogens is 1. The number of hydrogen-bond donors (Lipinski definition) is 1. The molecule has 1 aromatic heterocycles. The van der Waals surface area contributed by atoms with Gasteiger partial charge in [0, 0.05) is 12.0 Å². The highest BCUT2D eigenvalue weighted by molar-refractivity contribution is 5.78. The number of aromatic amines is 1. The fourth-order valence-electron chi connectivity index (χ4n) is 1.84. The minimum atomic E-state index is -0.313. The van der Waals surface area contributed by atoms with Crippen molar-refractivity contribution >= 4 is 10.9 Å². The van der Waals surface area contributed by atoms with Gasteiger partial charge in [-0.25, -0.2) is 9.37 Å². The quantitative estimate of drug-likeness (QED) is 0.797. The summed E-state index contributed by atoms with van der Waals surface area (Å²) in [4.78, 5) is 18.9. The molecule has 1 heterocycles. The molecule has 0 saturated heterocycles. The lowest BCUT2D eigenvalue weighted by atomic mass is 10.1. The van der Waals surface area contributed by atoms with Crippen molar-refractivity contribution in [3.05, 3.63) is 39.7 Å². The summed E-state index contributed by atoms with van der Waals surface area (Å²) >= 11 is 0. The van der Waals surface area contributed by atoms with Gasteiger partial charge in [-0.1, -0.05) is 0 Å². The maximum absolute atomic E-state index is 13.4. The number of aromatic nitrogens is 2. The van der Waals surface area contributed by atoms with Gasteiger partial charge < -0.3 is 4.98 Å². The first-order chi connectivity index (χ1) is 7.65. The van der Waals surface area contributed by atoms with E-state index in [1.807, 2.05) is 0 Å². The summed E-state index contributed by atoms with van der Waals surface area (Å²) in [6.45, 7) is 1.64. The highest BCUT2D eigenvalue weighted by Crippen LogP contribution is 2.37. The predicted octanol–water partition coefficient (Wildman–Crippen LogP) is 2.25. The zero-order chi connectivity index (χ0) is 11.3. The molecule has 0 aliphatic heterocycles. The van der Waals surface area contributed by atoms with E-state index >= 15 is 0 Å². The normalized spacial score (nSPS) is 15.6. The molecule has 1 aliphatic carbocycles. The minimum absolute atomic E-state index is 0.171. The van der Waals surface area contributed by atoms with E-state index in [9.17, 15) is 9.18 Å². The van der Waals surface area contributed by atoms with Crippen LogP contribution in [0.4, 0.5) is 4.39 Å². The Morgan fingerprint density at radius 3 is 2.88 bits per heavy atom. The number of aryl methyl sites for hydroxylation is 1. The second-order valence-electron chi connectivity index (χ2n) is 4.34. The fraction of sp³-hybridized carbons (Fsp3) is 0.333. The Hall–Kier alpha value is -1.71. The SMILES string of the molecule is Cc1cc2c(=O)[nH]c(C3CC3)nc2cc1F. The standard InChI is InChI=1S/C12H11FN2O/c1-6-4-8-10(5-9(6)13)14-11(7-2-3-7)15-12(8)16/h4-5,7H,2-3H2,1H3,(H,14,15,16). The Balaban J connectivity index is 2.33. The third kappa shape index (κ3) is 1.41. The van der Waals surface area contributed by atoms with Crippen LogP contribution in [0.3, 0.4) is 0 Å². The first-order valence-electron chi connectivity index (χ1n) is 5.35. The number of rotatable bonds is 1. The van der Waals surface area contributed by atoms with Crippen LogP contribution in [-0.2, 0) is 0 Å². The van der Waals surface area contributed by atoms with Gasteiger partial charge in [0.2, 0.25) is 0 Å². The van der Waals surface area contributed by atoms with Gasteiger partial charge in [0.15, 0.2) is 0 Å². The number of hydrogen-bond acceptors (Lipinski definition) is 2. The highest BCUT2D eigenvalue weighted by atomic mass is 19.1. The number of benzene rings is 1. The molecule has 3 nitrogen and oxygen atoms in total. The van der Waals surface area contributed by atoms with Crippen LogP contribution in [0.25, 0.3) is 10.9 Å². The Morgan fingerprint density at radius 1 is 1.44 bits per heavy atom. The van der Waals surface area contributed by atoms with E-state index < -0.39 is 0 Å². The second kappa shape index (κ2) is 3.14. The van der Waals surface area contributed by atoms with Crippen LogP contribution in [0.1, 0.15) is 30.1 Å². The summed E-state index contributed by atoms with van der Waals surface area (Å²) in [6, 6.07) is 2.89. The molecule has 0 amide bonds. The number of nitrogens with zero attached hydrogens (tertiary/aromatic N) is 1. The van der Waals surface area contributed by atoms with Gasteiger partial charge in [-0.05, 0) is 31.4 Å². The lowest BCUT2D eigenvalue weighted by Gasteiger charge is -2.03. The molecule has 0 radical (unpaired) electrons. The fourth-order valence-corrected chi connectivity index (χ4v) is 1.84. The number of fused-ring (bicyclic) bond motifs is 1. The van der Waals surface area contributed by atoms with Crippen LogP contribution >= 0.6 is 0 Å². The Bertz CT molecular complexity index is 629. The van der Waals surface area contributed by atoms with Crippen LogP contribution in [0.2, 0.25) is 0 Å². The maximum Gasteiger partial charge on any atom is 0.258 e. The minimum Gasteiger partial charge on any atom is -0.310 e. The lowest BCUT2D eigenvalue weighted by Crippen LogP contribution is -2.11. The van der Waals surface area contributed by atoms with E-state index in [1.54, 1.807) is 13.0 Å². The van der Waals surface area contributed by atoms with E-state index in [2.05, 4.69) is 9.97 Å². The average molecular weight is 218 g/mol. The predicted molar refractivity (Wildman–Crippen MR) is 59.0 cm³/mol. The molecule has 16 heavy (non-hydrogen) atoms. The molecule has 1 aliphatic rings. The van der Waals surface area contributed by atoms with Crippen LogP contribution in [0.5, 0.6) is 0 Å². The first kappa shape index (κ1) is 9.51. The van der Waals surface area contributed by atoms with Crippen molar-refractivity contribution < 1.29 is 4.39 Å². The van der Waals surface area contributed by atoms with Crippen molar-refractivity contribution in [2.45, 2.75) is 25.7 Å². The molecule has 0 atom stereocenters. The second-order valence-corrected chi connectivity index (χ2v) is 4.34. The van der Waals surface area contributed by atoms with Crippen molar-refractivity contribution in [3.8, 4) is 0 Å². The third-order valence-corrected chi connectivity index (χ3v) is 2.97. The average Bonchev–Trinajstić information content (AvgIpc) is 3.04. The molecule has 82 valence electrons.